The molecule has 0 radical (unpaired) electrons. The number of cyclic esters (lactones) is 1. The molecule has 0 bridgehead atoms. The number of rotatable bonds is 9. The molecule has 1 atom stereocenters. The largest absolute Gasteiger partial charge is 0.494 e. The Kier molecular flexibility index (Phi) is 5.25. The number of aryl methyl sites for hydroxylation is 1. The van der Waals surface area contributed by atoms with E-state index in [-0.39, 0.29) is 12.1 Å². The van der Waals surface area contributed by atoms with Crippen molar-refractivity contribution in [1.29, 1.82) is 0 Å². The summed E-state index contributed by atoms with van der Waals surface area (Å²) in [5.41, 5.74) is 1.29. The molecule has 1 aliphatic rings. The highest BCUT2D eigenvalue weighted by atomic mass is 16.6. The first-order valence-corrected chi connectivity index (χ1v) is 7.22. The highest BCUT2D eigenvalue weighted by Gasteiger charge is 2.36. The number of ether oxygens (including phenoxy) is 2. The standard InChI is InChI=1S/C16H22O3/c1-2-3-4-12-18-14-10-8-13(9-11-14)6-5-7-15-16(17)19-15/h8-11,15H,2-7,12H2,1H3/t15-/m0/s1. The molecule has 0 saturated carbocycles. The fourth-order valence-electron chi connectivity index (χ4n) is 2.07. The van der Waals surface area contributed by atoms with E-state index in [1.807, 2.05) is 12.1 Å². The second-order valence-corrected chi connectivity index (χ2v) is 5.02. The summed E-state index contributed by atoms with van der Waals surface area (Å²) in [6, 6.07) is 8.26. The second-order valence-electron chi connectivity index (χ2n) is 5.02. The summed E-state index contributed by atoms with van der Waals surface area (Å²) in [6.07, 6.45) is 6.27. The maximum Gasteiger partial charge on any atom is 0.348 e. The Morgan fingerprint density at radius 2 is 1.89 bits per heavy atom. The van der Waals surface area contributed by atoms with Crippen LogP contribution in [0.1, 0.15) is 44.6 Å². The fraction of sp³-hybridized carbons (Fsp3) is 0.562. The van der Waals surface area contributed by atoms with Gasteiger partial charge in [0.15, 0.2) is 6.10 Å². The molecule has 0 unspecified atom stereocenters. The van der Waals surface area contributed by atoms with Gasteiger partial charge in [0.05, 0.1) is 6.61 Å². The molecule has 3 nitrogen and oxygen atoms in total. The van der Waals surface area contributed by atoms with Gasteiger partial charge in [0.1, 0.15) is 5.75 Å². The molecule has 0 spiro atoms. The molecule has 19 heavy (non-hydrogen) atoms. The third kappa shape index (κ3) is 4.93. The Hall–Kier alpha value is -1.51. The van der Waals surface area contributed by atoms with Gasteiger partial charge in [-0.25, -0.2) is 4.79 Å². The lowest BCUT2D eigenvalue weighted by atomic mass is 10.1. The third-order valence-electron chi connectivity index (χ3n) is 3.34. The summed E-state index contributed by atoms with van der Waals surface area (Å²) in [5.74, 6) is 0.899. The van der Waals surface area contributed by atoms with Crippen molar-refractivity contribution < 1.29 is 14.3 Å². The number of carbonyl (C=O) groups excluding carboxylic acids is 1. The predicted molar refractivity (Wildman–Crippen MR) is 74.3 cm³/mol. The van der Waals surface area contributed by atoms with E-state index in [4.69, 9.17) is 9.47 Å². The average Bonchev–Trinajstić information content (AvgIpc) is 3.12. The van der Waals surface area contributed by atoms with Crippen molar-refractivity contribution in [3.63, 3.8) is 0 Å². The molecule has 1 aromatic rings. The second kappa shape index (κ2) is 7.17. The van der Waals surface area contributed by atoms with Crippen LogP contribution >= 0.6 is 0 Å². The maximum atomic E-state index is 10.7. The summed E-state index contributed by atoms with van der Waals surface area (Å²) in [7, 11) is 0. The Bertz CT molecular complexity index is 397. The van der Waals surface area contributed by atoms with Gasteiger partial charge >= 0.3 is 5.97 Å². The molecule has 0 aromatic heterocycles. The van der Waals surface area contributed by atoms with Crippen LogP contribution in [0.4, 0.5) is 0 Å². The molecule has 1 fully saturated rings. The summed E-state index contributed by atoms with van der Waals surface area (Å²) in [5, 5.41) is 0. The summed E-state index contributed by atoms with van der Waals surface area (Å²) < 4.78 is 10.4. The number of carbonyl (C=O) groups is 1. The van der Waals surface area contributed by atoms with E-state index in [0.29, 0.717) is 0 Å². The van der Waals surface area contributed by atoms with Crippen molar-refractivity contribution in [2.24, 2.45) is 0 Å². The monoisotopic (exact) mass is 262 g/mol. The quantitative estimate of drug-likeness (QED) is 0.505. The van der Waals surface area contributed by atoms with Crippen LogP contribution in [0.15, 0.2) is 24.3 Å². The SMILES string of the molecule is CCCCCOc1ccc(CCC[C@@H]2OC2=O)cc1. The normalized spacial score (nSPS) is 17.1. The molecule has 104 valence electrons. The van der Waals surface area contributed by atoms with Gasteiger partial charge in [0, 0.05) is 0 Å². The van der Waals surface area contributed by atoms with E-state index in [9.17, 15) is 4.79 Å². The molecule has 1 aromatic carbocycles. The van der Waals surface area contributed by atoms with Gasteiger partial charge in [-0.15, -0.1) is 0 Å². The number of hydrogen-bond acceptors (Lipinski definition) is 3. The van der Waals surface area contributed by atoms with Crippen LogP contribution < -0.4 is 4.74 Å². The van der Waals surface area contributed by atoms with Crippen molar-refractivity contribution in [3.8, 4) is 5.75 Å². The minimum absolute atomic E-state index is 0.0455. The number of hydrogen-bond donors (Lipinski definition) is 0. The third-order valence-corrected chi connectivity index (χ3v) is 3.34. The molecule has 2 rings (SSSR count). The van der Waals surface area contributed by atoms with Crippen molar-refractivity contribution in [3.05, 3.63) is 29.8 Å². The van der Waals surface area contributed by atoms with E-state index in [2.05, 4.69) is 19.1 Å². The molecule has 1 aliphatic heterocycles. The van der Waals surface area contributed by atoms with Crippen molar-refractivity contribution in [2.45, 2.75) is 51.6 Å². The predicted octanol–water partition coefficient (Wildman–Crippen LogP) is 3.50. The zero-order valence-corrected chi connectivity index (χ0v) is 11.6. The van der Waals surface area contributed by atoms with E-state index in [1.54, 1.807) is 0 Å². The van der Waals surface area contributed by atoms with E-state index < -0.39 is 0 Å². The first kappa shape index (κ1) is 13.9. The summed E-state index contributed by atoms with van der Waals surface area (Å²) >= 11 is 0. The molecule has 3 heteroatoms. The molecular formula is C16H22O3. The van der Waals surface area contributed by atoms with Crippen LogP contribution in [0, 0.1) is 0 Å². The van der Waals surface area contributed by atoms with Crippen LogP contribution in [-0.4, -0.2) is 18.7 Å². The van der Waals surface area contributed by atoms with Crippen molar-refractivity contribution in [1.82, 2.24) is 0 Å². The Morgan fingerprint density at radius 3 is 2.53 bits per heavy atom. The minimum Gasteiger partial charge on any atom is -0.494 e. The maximum absolute atomic E-state index is 10.7. The zero-order chi connectivity index (χ0) is 13.5. The first-order valence-electron chi connectivity index (χ1n) is 7.22. The van der Waals surface area contributed by atoms with Gasteiger partial charge in [-0.2, -0.15) is 0 Å². The van der Waals surface area contributed by atoms with Gasteiger partial charge in [-0.3, -0.25) is 0 Å². The van der Waals surface area contributed by atoms with Crippen LogP contribution in [0.25, 0.3) is 0 Å². The summed E-state index contributed by atoms with van der Waals surface area (Å²) in [4.78, 5) is 10.7. The van der Waals surface area contributed by atoms with Crippen molar-refractivity contribution >= 4 is 5.97 Å². The lowest BCUT2D eigenvalue weighted by Gasteiger charge is -2.06. The first-order chi connectivity index (χ1) is 9.29. The number of unbranched alkanes of at least 4 members (excludes halogenated alkanes) is 2. The Balaban J connectivity index is 1.64. The smallest absolute Gasteiger partial charge is 0.348 e. The molecule has 1 saturated heterocycles. The van der Waals surface area contributed by atoms with Gasteiger partial charge in [0.25, 0.3) is 0 Å². The van der Waals surface area contributed by atoms with E-state index in [0.717, 1.165) is 38.0 Å². The highest BCUT2D eigenvalue weighted by Crippen LogP contribution is 2.20. The van der Waals surface area contributed by atoms with E-state index >= 15 is 0 Å². The van der Waals surface area contributed by atoms with Crippen LogP contribution in [0.3, 0.4) is 0 Å². The molecule has 0 N–H and O–H groups in total. The highest BCUT2D eigenvalue weighted by molar-refractivity contribution is 5.87. The van der Waals surface area contributed by atoms with Gasteiger partial charge in [-0.05, 0) is 43.4 Å². The average molecular weight is 262 g/mol. The van der Waals surface area contributed by atoms with E-state index in [1.165, 1.54) is 18.4 Å². The van der Waals surface area contributed by atoms with Gasteiger partial charge in [0.2, 0.25) is 0 Å². The zero-order valence-electron chi connectivity index (χ0n) is 11.6. The van der Waals surface area contributed by atoms with Crippen LogP contribution in [0.5, 0.6) is 5.75 Å². The molecule has 0 aliphatic carbocycles. The number of epoxide rings is 1. The van der Waals surface area contributed by atoms with Gasteiger partial charge in [-0.1, -0.05) is 31.9 Å². The minimum atomic E-state index is -0.110. The topological polar surface area (TPSA) is 38.8 Å². The Labute approximate surface area is 114 Å². The fourth-order valence-corrected chi connectivity index (χ4v) is 2.07. The molecule has 1 heterocycles. The lowest BCUT2D eigenvalue weighted by molar-refractivity contribution is -0.117. The number of benzene rings is 1. The van der Waals surface area contributed by atoms with Gasteiger partial charge < -0.3 is 9.47 Å². The van der Waals surface area contributed by atoms with Crippen LogP contribution in [0.2, 0.25) is 0 Å². The van der Waals surface area contributed by atoms with Crippen LogP contribution in [-0.2, 0) is 16.0 Å². The molecular weight excluding hydrogens is 240 g/mol. The molecule has 0 amide bonds. The summed E-state index contributed by atoms with van der Waals surface area (Å²) in [6.45, 7) is 2.99. The Morgan fingerprint density at radius 1 is 1.16 bits per heavy atom. The lowest BCUT2D eigenvalue weighted by Crippen LogP contribution is -1.97. The van der Waals surface area contributed by atoms with Crippen molar-refractivity contribution in [2.75, 3.05) is 6.61 Å².